The Morgan fingerprint density at radius 2 is 1.59 bits per heavy atom. The summed E-state index contributed by atoms with van der Waals surface area (Å²) in [5.74, 6) is -3.67. The zero-order valence-electron chi connectivity index (χ0n) is 29.2. The van der Waals surface area contributed by atoms with Gasteiger partial charge >= 0.3 is 11.9 Å². The van der Waals surface area contributed by atoms with Crippen LogP contribution in [0.4, 0.5) is 0 Å². The zero-order chi connectivity index (χ0) is 36.3. The fourth-order valence-electron chi connectivity index (χ4n) is 12.4. The number of carboxylic acids is 1. The Balaban J connectivity index is 1.41. The third-order valence-electron chi connectivity index (χ3n) is 15.6. The average Bonchev–Trinajstić information content (AvgIpc) is 3.04. The molecule has 0 aromatic rings. The minimum absolute atomic E-state index is 0.153. The van der Waals surface area contributed by atoms with Crippen molar-refractivity contribution in [3.05, 3.63) is 11.6 Å². The van der Waals surface area contributed by atoms with Crippen LogP contribution in [0.15, 0.2) is 11.6 Å². The normalized spacial score (nSPS) is 55.5. The summed E-state index contributed by atoms with van der Waals surface area (Å²) < 4.78 is 11.4. The molecule has 0 aromatic heterocycles. The van der Waals surface area contributed by atoms with E-state index in [1.54, 1.807) is 6.92 Å². The molecule has 1 aliphatic heterocycles. The van der Waals surface area contributed by atoms with Crippen LogP contribution < -0.4 is 0 Å². The molecule has 49 heavy (non-hydrogen) atoms. The largest absolute Gasteiger partial charge is 0.481 e. The van der Waals surface area contributed by atoms with E-state index >= 15 is 0 Å². The quantitative estimate of drug-likeness (QED) is 0.141. The minimum Gasteiger partial charge on any atom is -0.481 e. The van der Waals surface area contributed by atoms with E-state index in [4.69, 9.17) is 9.47 Å². The second kappa shape index (κ2) is 11.9. The number of carbonyl (C=O) groups excluding carboxylic acids is 1. The van der Waals surface area contributed by atoms with Gasteiger partial charge in [-0.2, -0.15) is 0 Å². The number of hydrogen-bond donors (Lipinski definition) is 9. The first-order valence-electron chi connectivity index (χ1n) is 17.9. The van der Waals surface area contributed by atoms with Crippen LogP contribution in [0.1, 0.15) is 86.0 Å². The van der Waals surface area contributed by atoms with Gasteiger partial charge in [0, 0.05) is 5.92 Å². The van der Waals surface area contributed by atoms with E-state index in [2.05, 4.69) is 19.9 Å². The Hall–Kier alpha value is -1.68. The van der Waals surface area contributed by atoms with Gasteiger partial charge in [0.25, 0.3) is 0 Å². The summed E-state index contributed by atoms with van der Waals surface area (Å²) in [6, 6.07) is 0. The molecular weight excluding hydrogens is 640 g/mol. The smallest absolute Gasteiger partial charge is 0.315 e. The second-order valence-corrected chi connectivity index (χ2v) is 17.4. The number of aliphatic carboxylic acids is 1. The summed E-state index contributed by atoms with van der Waals surface area (Å²) in [7, 11) is 0. The van der Waals surface area contributed by atoms with Crippen LogP contribution in [0.2, 0.25) is 0 Å². The highest BCUT2D eigenvalue weighted by atomic mass is 16.7. The molecule has 0 spiro atoms. The predicted octanol–water partition coefficient (Wildman–Crippen LogP) is 0.471. The van der Waals surface area contributed by atoms with Gasteiger partial charge in [-0.1, -0.05) is 39.3 Å². The molecule has 17 atom stereocenters. The molecule has 6 aliphatic rings. The van der Waals surface area contributed by atoms with Gasteiger partial charge in [-0.15, -0.1) is 0 Å². The maximum Gasteiger partial charge on any atom is 0.315 e. The maximum absolute atomic E-state index is 14.5. The molecule has 0 amide bonds. The highest BCUT2D eigenvalue weighted by Gasteiger charge is 2.74. The van der Waals surface area contributed by atoms with E-state index in [0.29, 0.717) is 44.9 Å². The second-order valence-electron chi connectivity index (χ2n) is 17.4. The van der Waals surface area contributed by atoms with E-state index in [0.717, 1.165) is 5.57 Å². The van der Waals surface area contributed by atoms with Crippen LogP contribution in [0, 0.1) is 50.7 Å². The topological polar surface area (TPSA) is 235 Å². The monoisotopic (exact) mass is 696 g/mol. The number of aliphatic hydroxyl groups excluding tert-OH is 7. The van der Waals surface area contributed by atoms with Gasteiger partial charge in [-0.3, -0.25) is 9.59 Å². The van der Waals surface area contributed by atoms with Crippen molar-refractivity contribution >= 4 is 11.9 Å². The lowest BCUT2D eigenvalue weighted by Crippen LogP contribution is -2.71. The van der Waals surface area contributed by atoms with Crippen LogP contribution in [-0.4, -0.2) is 120 Å². The molecule has 6 rings (SSSR count). The summed E-state index contributed by atoms with van der Waals surface area (Å²) in [4.78, 5) is 27.3. The fraction of sp³-hybridized carbons (Fsp3) is 0.889. The van der Waals surface area contributed by atoms with E-state index in [9.17, 15) is 55.5 Å². The van der Waals surface area contributed by atoms with E-state index in [1.807, 2.05) is 13.8 Å². The van der Waals surface area contributed by atoms with E-state index in [-0.39, 0.29) is 18.3 Å². The first-order chi connectivity index (χ1) is 22.7. The molecule has 13 nitrogen and oxygen atoms in total. The molecule has 0 bridgehead atoms. The van der Waals surface area contributed by atoms with Gasteiger partial charge in [0.2, 0.25) is 6.29 Å². The molecule has 13 heteroatoms. The van der Waals surface area contributed by atoms with Gasteiger partial charge in [0.15, 0.2) is 0 Å². The van der Waals surface area contributed by atoms with Crippen molar-refractivity contribution in [1.82, 2.24) is 0 Å². The van der Waals surface area contributed by atoms with Crippen molar-refractivity contribution in [3.8, 4) is 0 Å². The molecule has 5 aliphatic carbocycles. The SMILES string of the molecule is C[C@@H]1CC[C@]2(C(=O)O[C@@H]3O[C@H](CO)[C@@H](O)[C@H](O)[C@H]3O)CC[C@]3(C)C(=CC[C@@H]4[C@@]5(C)C[C@@H](O)[C@@H](O)[C@](CO)(C(=O)O)[C@H]5CC[C@]43C)[C@H]2[C@]1(C)O. The Kier molecular flexibility index (Phi) is 9.03. The van der Waals surface area contributed by atoms with Crippen molar-refractivity contribution in [1.29, 1.82) is 0 Å². The predicted molar refractivity (Wildman–Crippen MR) is 171 cm³/mol. The number of carboxylic acid groups (broad SMARTS) is 1. The number of carbonyl (C=O) groups is 2. The van der Waals surface area contributed by atoms with Crippen LogP contribution in [0.3, 0.4) is 0 Å². The summed E-state index contributed by atoms with van der Waals surface area (Å²) in [6.07, 6.45) is -5.53. The van der Waals surface area contributed by atoms with Crippen LogP contribution in [-0.2, 0) is 19.1 Å². The number of allylic oxidation sites excluding steroid dienone is 1. The molecule has 278 valence electrons. The van der Waals surface area contributed by atoms with Gasteiger partial charge in [-0.25, -0.2) is 0 Å². The highest BCUT2D eigenvalue weighted by Crippen LogP contribution is 2.76. The molecule has 1 heterocycles. The third kappa shape index (κ3) is 4.69. The number of fused-ring (bicyclic) bond motifs is 7. The van der Waals surface area contributed by atoms with Crippen molar-refractivity contribution in [2.45, 2.75) is 135 Å². The number of ether oxygens (including phenoxy) is 2. The molecule has 0 unspecified atom stereocenters. The summed E-state index contributed by atoms with van der Waals surface area (Å²) in [6.45, 7) is 8.54. The van der Waals surface area contributed by atoms with Crippen LogP contribution in [0.25, 0.3) is 0 Å². The van der Waals surface area contributed by atoms with Gasteiger partial charge < -0.3 is 55.4 Å². The molecule has 0 radical (unpaired) electrons. The minimum atomic E-state index is -1.92. The van der Waals surface area contributed by atoms with E-state index < -0.39 is 113 Å². The lowest BCUT2D eigenvalue weighted by atomic mass is 9.32. The molecule has 4 saturated carbocycles. The van der Waals surface area contributed by atoms with Crippen molar-refractivity contribution in [2.24, 2.45) is 50.7 Å². The van der Waals surface area contributed by atoms with Gasteiger partial charge in [0.05, 0.1) is 36.4 Å². The molecule has 9 N–H and O–H groups in total. The maximum atomic E-state index is 14.5. The van der Waals surface area contributed by atoms with Gasteiger partial charge in [-0.05, 0) is 92.3 Å². The first kappa shape index (κ1) is 37.1. The lowest BCUT2D eigenvalue weighted by molar-refractivity contribution is -0.299. The van der Waals surface area contributed by atoms with Crippen LogP contribution in [0.5, 0.6) is 0 Å². The van der Waals surface area contributed by atoms with E-state index in [1.165, 1.54) is 0 Å². The Bertz CT molecular complexity index is 1370. The Morgan fingerprint density at radius 3 is 2.20 bits per heavy atom. The number of esters is 1. The highest BCUT2D eigenvalue weighted by molar-refractivity contribution is 5.79. The zero-order valence-corrected chi connectivity index (χ0v) is 29.2. The fourth-order valence-corrected chi connectivity index (χ4v) is 12.4. The standard InChI is InChI=1S/C36H56O13/c1-17-8-11-35(30(46)49-28-25(42)24(41)23(40)20(15-37)48-28)13-12-32(3)18(26(35)34(17,5)47)6-7-21-31(2)14-19(39)27(43)36(16-38,29(44)45)22(31)9-10-33(21,32)4/h6,17,19-28,37-43,47H,7-16H2,1-5H3,(H,44,45)/t17-,19-,20-,21-,22+,23-,24+,25-,26+,27-,28+,31-,32-,33-,34-,35+,36-/m1/s1. The van der Waals surface area contributed by atoms with Crippen LogP contribution >= 0.6 is 0 Å². The molecule has 5 fully saturated rings. The number of hydrogen-bond acceptors (Lipinski definition) is 12. The summed E-state index contributed by atoms with van der Waals surface area (Å²) >= 11 is 0. The number of rotatable bonds is 5. The molecular formula is C36H56O13. The Labute approximate surface area is 286 Å². The lowest BCUT2D eigenvalue weighted by Gasteiger charge is -2.72. The molecule has 0 aromatic carbocycles. The first-order valence-corrected chi connectivity index (χ1v) is 17.9. The number of aliphatic hydroxyl groups is 8. The summed E-state index contributed by atoms with van der Waals surface area (Å²) in [5.41, 5.74) is -5.39. The molecule has 1 saturated heterocycles. The average molecular weight is 697 g/mol. The van der Waals surface area contributed by atoms with Crippen molar-refractivity contribution in [3.63, 3.8) is 0 Å². The summed E-state index contributed by atoms with van der Waals surface area (Å²) in [5, 5.41) is 96.6. The van der Waals surface area contributed by atoms with Gasteiger partial charge in [0.1, 0.15) is 29.8 Å². The van der Waals surface area contributed by atoms with Crippen molar-refractivity contribution in [2.75, 3.05) is 13.2 Å². The van der Waals surface area contributed by atoms with Crippen molar-refractivity contribution < 1.29 is 65.0 Å². The third-order valence-corrected chi connectivity index (χ3v) is 15.6. The Morgan fingerprint density at radius 1 is 0.918 bits per heavy atom.